The first-order valence-corrected chi connectivity index (χ1v) is 8.53. The lowest BCUT2D eigenvalue weighted by molar-refractivity contribution is -0.128. The molecule has 1 N–H and O–H groups in total. The van der Waals surface area contributed by atoms with Crippen LogP contribution >= 0.6 is 0 Å². The summed E-state index contributed by atoms with van der Waals surface area (Å²) in [6, 6.07) is 7.99. The van der Waals surface area contributed by atoms with Crippen LogP contribution in [0.3, 0.4) is 0 Å². The molecule has 1 fully saturated rings. The average Bonchev–Trinajstić information content (AvgIpc) is 2.62. The standard InChI is InChI=1S/C19H24N2O3/c1-14-7-8-18-16(6-4-9-20-18)17(14)11-21-19(22)13-23-12-15-5-2-3-10-24-15/h4,6-9,15H,2-3,5,10-13H2,1H3,(H,21,22). The summed E-state index contributed by atoms with van der Waals surface area (Å²) in [6.07, 6.45) is 5.23. The van der Waals surface area contributed by atoms with Crippen molar-refractivity contribution in [3.05, 3.63) is 41.6 Å². The molecular weight excluding hydrogens is 304 g/mol. The second-order valence-electron chi connectivity index (χ2n) is 6.21. The fourth-order valence-electron chi connectivity index (χ4n) is 3.02. The Bertz CT molecular complexity index is 696. The lowest BCUT2D eigenvalue weighted by atomic mass is 10.0. The first-order chi connectivity index (χ1) is 11.7. The van der Waals surface area contributed by atoms with Gasteiger partial charge in [-0.3, -0.25) is 9.78 Å². The maximum absolute atomic E-state index is 12.0. The van der Waals surface area contributed by atoms with E-state index in [0.29, 0.717) is 13.2 Å². The summed E-state index contributed by atoms with van der Waals surface area (Å²) in [6.45, 7) is 3.89. The van der Waals surface area contributed by atoms with Gasteiger partial charge in [0.15, 0.2) is 0 Å². The SMILES string of the molecule is Cc1ccc2ncccc2c1CNC(=O)COCC1CCCCO1. The van der Waals surface area contributed by atoms with Gasteiger partial charge < -0.3 is 14.8 Å². The highest BCUT2D eigenvalue weighted by atomic mass is 16.5. The zero-order chi connectivity index (χ0) is 16.8. The van der Waals surface area contributed by atoms with E-state index in [9.17, 15) is 4.79 Å². The lowest BCUT2D eigenvalue weighted by Crippen LogP contribution is -2.30. The molecule has 0 bridgehead atoms. The van der Waals surface area contributed by atoms with Gasteiger partial charge >= 0.3 is 0 Å². The predicted octanol–water partition coefficient (Wildman–Crippen LogP) is 2.75. The van der Waals surface area contributed by atoms with Gasteiger partial charge in [-0.1, -0.05) is 12.1 Å². The number of aryl methyl sites for hydroxylation is 1. The highest BCUT2D eigenvalue weighted by Crippen LogP contribution is 2.20. The zero-order valence-electron chi connectivity index (χ0n) is 14.1. The monoisotopic (exact) mass is 328 g/mol. The molecular formula is C19H24N2O3. The minimum absolute atomic E-state index is 0.0714. The normalized spacial score (nSPS) is 17.8. The average molecular weight is 328 g/mol. The van der Waals surface area contributed by atoms with Gasteiger partial charge in [-0.15, -0.1) is 0 Å². The van der Waals surface area contributed by atoms with Crippen molar-refractivity contribution in [2.45, 2.75) is 38.8 Å². The van der Waals surface area contributed by atoms with Crippen LogP contribution in [0.1, 0.15) is 30.4 Å². The highest BCUT2D eigenvalue weighted by Gasteiger charge is 2.14. The molecule has 1 aliphatic rings. The van der Waals surface area contributed by atoms with Crippen molar-refractivity contribution in [1.29, 1.82) is 0 Å². The van der Waals surface area contributed by atoms with E-state index in [-0.39, 0.29) is 18.6 Å². The number of amides is 1. The van der Waals surface area contributed by atoms with E-state index in [2.05, 4.69) is 10.3 Å². The van der Waals surface area contributed by atoms with Crippen LogP contribution in [0.15, 0.2) is 30.5 Å². The van der Waals surface area contributed by atoms with E-state index in [1.54, 1.807) is 6.20 Å². The fraction of sp³-hybridized carbons (Fsp3) is 0.474. The Labute approximate surface area is 142 Å². The summed E-state index contributed by atoms with van der Waals surface area (Å²) in [5.74, 6) is -0.105. The summed E-state index contributed by atoms with van der Waals surface area (Å²) in [4.78, 5) is 16.4. The molecule has 24 heavy (non-hydrogen) atoms. The van der Waals surface area contributed by atoms with Gasteiger partial charge in [-0.2, -0.15) is 0 Å². The van der Waals surface area contributed by atoms with E-state index in [0.717, 1.165) is 41.5 Å². The molecule has 5 heteroatoms. The van der Waals surface area contributed by atoms with Crippen molar-refractivity contribution in [1.82, 2.24) is 10.3 Å². The maximum Gasteiger partial charge on any atom is 0.246 e. The first kappa shape index (κ1) is 16.9. The lowest BCUT2D eigenvalue weighted by Gasteiger charge is -2.22. The molecule has 0 radical (unpaired) electrons. The number of hydrogen-bond acceptors (Lipinski definition) is 4. The Kier molecular flexibility index (Phi) is 5.77. The minimum atomic E-state index is -0.105. The molecule has 1 aliphatic heterocycles. The van der Waals surface area contributed by atoms with Gasteiger partial charge in [0, 0.05) is 24.7 Å². The molecule has 1 saturated heterocycles. The van der Waals surface area contributed by atoms with Crippen LogP contribution in [0.2, 0.25) is 0 Å². The number of carbonyl (C=O) groups is 1. The molecule has 1 amide bonds. The minimum Gasteiger partial charge on any atom is -0.376 e. The topological polar surface area (TPSA) is 60.5 Å². The molecule has 5 nitrogen and oxygen atoms in total. The molecule has 1 unspecified atom stereocenters. The fourth-order valence-corrected chi connectivity index (χ4v) is 3.02. The molecule has 1 aromatic carbocycles. The van der Waals surface area contributed by atoms with Crippen molar-refractivity contribution in [2.24, 2.45) is 0 Å². The number of hydrogen-bond donors (Lipinski definition) is 1. The number of benzene rings is 1. The molecule has 0 spiro atoms. The zero-order valence-corrected chi connectivity index (χ0v) is 14.1. The van der Waals surface area contributed by atoms with Gasteiger partial charge in [0.25, 0.3) is 0 Å². The van der Waals surface area contributed by atoms with Gasteiger partial charge in [0.05, 0.1) is 18.2 Å². The van der Waals surface area contributed by atoms with Gasteiger partial charge in [0.1, 0.15) is 6.61 Å². The Morgan fingerprint density at radius 2 is 2.29 bits per heavy atom. The van der Waals surface area contributed by atoms with E-state index in [4.69, 9.17) is 9.47 Å². The molecule has 128 valence electrons. The van der Waals surface area contributed by atoms with Gasteiger partial charge in [-0.05, 0) is 49.4 Å². The second-order valence-corrected chi connectivity index (χ2v) is 6.21. The number of rotatable bonds is 6. The summed E-state index contributed by atoms with van der Waals surface area (Å²) in [5.41, 5.74) is 3.19. The molecule has 2 aromatic rings. The molecule has 0 saturated carbocycles. The Morgan fingerprint density at radius 3 is 3.12 bits per heavy atom. The van der Waals surface area contributed by atoms with Crippen LogP contribution < -0.4 is 5.32 Å². The van der Waals surface area contributed by atoms with Crippen LogP contribution in [0.5, 0.6) is 0 Å². The number of nitrogens with zero attached hydrogens (tertiary/aromatic N) is 1. The smallest absolute Gasteiger partial charge is 0.246 e. The summed E-state index contributed by atoms with van der Waals surface area (Å²) in [7, 11) is 0. The van der Waals surface area contributed by atoms with Crippen LogP contribution in [0.4, 0.5) is 0 Å². The van der Waals surface area contributed by atoms with Crippen LogP contribution in [-0.2, 0) is 20.8 Å². The van der Waals surface area contributed by atoms with Crippen molar-refractivity contribution < 1.29 is 14.3 Å². The van der Waals surface area contributed by atoms with E-state index >= 15 is 0 Å². The molecule has 0 aliphatic carbocycles. The number of fused-ring (bicyclic) bond motifs is 1. The van der Waals surface area contributed by atoms with Crippen LogP contribution in [0.25, 0.3) is 10.9 Å². The van der Waals surface area contributed by atoms with Crippen molar-refractivity contribution in [2.75, 3.05) is 19.8 Å². The number of aromatic nitrogens is 1. The molecule has 2 heterocycles. The second kappa shape index (κ2) is 8.22. The number of carbonyl (C=O) groups excluding carboxylic acids is 1. The quantitative estimate of drug-likeness (QED) is 0.886. The maximum atomic E-state index is 12.0. The Balaban J connectivity index is 1.50. The summed E-state index contributed by atoms with van der Waals surface area (Å²) >= 11 is 0. The first-order valence-electron chi connectivity index (χ1n) is 8.53. The number of nitrogens with one attached hydrogen (secondary N) is 1. The number of pyridine rings is 1. The summed E-state index contributed by atoms with van der Waals surface area (Å²) < 4.78 is 11.1. The van der Waals surface area contributed by atoms with Crippen molar-refractivity contribution in [3.63, 3.8) is 0 Å². The molecule has 1 atom stereocenters. The van der Waals surface area contributed by atoms with Crippen LogP contribution in [-0.4, -0.2) is 36.8 Å². The van der Waals surface area contributed by atoms with E-state index < -0.39 is 0 Å². The Morgan fingerprint density at radius 1 is 1.38 bits per heavy atom. The molecule has 1 aromatic heterocycles. The summed E-state index contributed by atoms with van der Waals surface area (Å²) in [5, 5.41) is 4.02. The van der Waals surface area contributed by atoms with Gasteiger partial charge in [0.2, 0.25) is 5.91 Å². The van der Waals surface area contributed by atoms with E-state index in [1.165, 1.54) is 6.42 Å². The number of ether oxygens (including phenoxy) is 2. The largest absolute Gasteiger partial charge is 0.376 e. The van der Waals surface area contributed by atoms with Crippen molar-refractivity contribution >= 4 is 16.8 Å². The Hall–Kier alpha value is -1.98. The third-order valence-electron chi connectivity index (χ3n) is 4.40. The molecule has 3 rings (SSSR count). The van der Waals surface area contributed by atoms with Crippen LogP contribution in [0, 0.1) is 6.92 Å². The third kappa shape index (κ3) is 4.30. The van der Waals surface area contributed by atoms with Crippen molar-refractivity contribution in [3.8, 4) is 0 Å². The third-order valence-corrected chi connectivity index (χ3v) is 4.40. The van der Waals surface area contributed by atoms with Gasteiger partial charge in [-0.25, -0.2) is 0 Å². The highest BCUT2D eigenvalue weighted by molar-refractivity contribution is 5.84. The predicted molar refractivity (Wildman–Crippen MR) is 92.7 cm³/mol. The van der Waals surface area contributed by atoms with E-state index in [1.807, 2.05) is 31.2 Å².